The Bertz CT molecular complexity index is 908. The van der Waals surface area contributed by atoms with Gasteiger partial charge in [0.1, 0.15) is 0 Å². The van der Waals surface area contributed by atoms with Crippen LogP contribution in [0, 0.1) is 13.8 Å². The van der Waals surface area contributed by atoms with E-state index in [-0.39, 0.29) is 11.0 Å². The maximum Gasteiger partial charge on any atom is 0.214 e. The van der Waals surface area contributed by atoms with Crippen molar-refractivity contribution in [1.82, 2.24) is 20.2 Å². The molecule has 3 aromatic rings. The van der Waals surface area contributed by atoms with Crippen LogP contribution in [-0.4, -0.2) is 31.2 Å². The molecular weight excluding hydrogens is 356 g/mol. The Balaban J connectivity index is 1.80. The molecule has 2 aromatic carbocycles. The second-order valence-electron chi connectivity index (χ2n) is 5.77. The second kappa shape index (κ2) is 7.37. The Morgan fingerprint density at radius 3 is 2.52 bits per heavy atom. The smallest absolute Gasteiger partial charge is 0.214 e. The maximum atomic E-state index is 12.7. The molecular formula is C18H17ClN4OS. The van der Waals surface area contributed by atoms with Gasteiger partial charge in [0.15, 0.2) is 5.78 Å². The molecule has 0 unspecified atom stereocenters. The van der Waals surface area contributed by atoms with Crippen LogP contribution in [0.1, 0.15) is 28.4 Å². The van der Waals surface area contributed by atoms with Crippen LogP contribution in [0.15, 0.2) is 47.6 Å². The van der Waals surface area contributed by atoms with Gasteiger partial charge in [0, 0.05) is 10.6 Å². The number of tetrazole rings is 1. The molecule has 1 atom stereocenters. The molecule has 0 aliphatic rings. The lowest BCUT2D eigenvalue weighted by Crippen LogP contribution is -2.15. The van der Waals surface area contributed by atoms with Crippen LogP contribution in [-0.2, 0) is 0 Å². The molecule has 5 nitrogen and oxygen atoms in total. The highest BCUT2D eigenvalue weighted by molar-refractivity contribution is 8.00. The molecule has 0 fully saturated rings. The number of hydrogen-bond donors (Lipinski definition) is 0. The molecule has 0 aliphatic carbocycles. The third-order valence-electron chi connectivity index (χ3n) is 3.95. The van der Waals surface area contributed by atoms with Crippen molar-refractivity contribution in [1.29, 1.82) is 0 Å². The third-order valence-corrected chi connectivity index (χ3v) is 5.24. The monoisotopic (exact) mass is 372 g/mol. The summed E-state index contributed by atoms with van der Waals surface area (Å²) in [4.78, 5) is 12.7. The van der Waals surface area contributed by atoms with Crippen molar-refractivity contribution in [3.8, 4) is 5.69 Å². The quantitative estimate of drug-likeness (QED) is 0.493. The Kier molecular flexibility index (Phi) is 5.20. The average molecular weight is 373 g/mol. The Morgan fingerprint density at radius 1 is 1.12 bits per heavy atom. The highest BCUT2D eigenvalue weighted by Gasteiger charge is 2.20. The minimum atomic E-state index is -0.306. The Morgan fingerprint density at radius 2 is 1.84 bits per heavy atom. The van der Waals surface area contributed by atoms with Gasteiger partial charge in [-0.05, 0) is 72.7 Å². The maximum absolute atomic E-state index is 12.7. The molecule has 0 amide bonds. The first kappa shape index (κ1) is 17.6. The van der Waals surface area contributed by atoms with E-state index in [4.69, 9.17) is 11.6 Å². The standard InChI is InChI=1S/C18H17ClN4OS/c1-11-4-5-14(10-12(11)2)17(24)13(3)25-18-20-21-22-23(18)16-8-6-15(19)7-9-16/h4-10,13H,1-3H3/t13-/m1/s1. The van der Waals surface area contributed by atoms with Crippen LogP contribution in [0.4, 0.5) is 0 Å². The summed E-state index contributed by atoms with van der Waals surface area (Å²) in [5, 5.41) is 12.7. The molecule has 0 radical (unpaired) electrons. The summed E-state index contributed by atoms with van der Waals surface area (Å²) < 4.78 is 1.60. The number of hydrogen-bond acceptors (Lipinski definition) is 5. The molecule has 0 aliphatic heterocycles. The highest BCUT2D eigenvalue weighted by Crippen LogP contribution is 2.26. The summed E-state index contributed by atoms with van der Waals surface area (Å²) in [6, 6.07) is 13.0. The van der Waals surface area contributed by atoms with Gasteiger partial charge in [-0.15, -0.1) is 5.10 Å². The van der Waals surface area contributed by atoms with Crippen molar-refractivity contribution >= 4 is 29.1 Å². The van der Waals surface area contributed by atoms with Gasteiger partial charge in [-0.3, -0.25) is 4.79 Å². The van der Waals surface area contributed by atoms with E-state index in [0.29, 0.717) is 15.7 Å². The van der Waals surface area contributed by atoms with Gasteiger partial charge >= 0.3 is 0 Å². The van der Waals surface area contributed by atoms with E-state index in [9.17, 15) is 4.79 Å². The molecule has 7 heteroatoms. The van der Waals surface area contributed by atoms with Crippen LogP contribution in [0.3, 0.4) is 0 Å². The number of benzene rings is 2. The van der Waals surface area contributed by atoms with Crippen molar-refractivity contribution in [3.05, 3.63) is 64.2 Å². The molecule has 1 heterocycles. The van der Waals surface area contributed by atoms with Gasteiger partial charge in [-0.25, -0.2) is 0 Å². The number of aryl methyl sites for hydroxylation is 2. The second-order valence-corrected chi connectivity index (χ2v) is 7.52. The van der Waals surface area contributed by atoms with E-state index in [0.717, 1.165) is 11.3 Å². The van der Waals surface area contributed by atoms with Gasteiger partial charge in [0.05, 0.1) is 10.9 Å². The fourth-order valence-corrected chi connectivity index (χ4v) is 3.35. The van der Waals surface area contributed by atoms with E-state index < -0.39 is 0 Å². The largest absolute Gasteiger partial charge is 0.293 e. The first-order chi connectivity index (χ1) is 12.0. The number of Topliss-reactive ketones (excluding diaryl/α,β-unsaturated/α-hetero) is 1. The van der Waals surface area contributed by atoms with Gasteiger partial charge in [0.2, 0.25) is 5.16 Å². The fourth-order valence-electron chi connectivity index (χ4n) is 2.34. The minimum absolute atomic E-state index is 0.0544. The number of aromatic nitrogens is 4. The number of carbonyl (C=O) groups excluding carboxylic acids is 1. The zero-order chi connectivity index (χ0) is 18.0. The molecule has 25 heavy (non-hydrogen) atoms. The number of carbonyl (C=O) groups is 1. The molecule has 1 aromatic heterocycles. The number of thioether (sulfide) groups is 1. The van der Waals surface area contributed by atoms with E-state index in [1.807, 2.05) is 51.1 Å². The first-order valence-electron chi connectivity index (χ1n) is 7.78. The van der Waals surface area contributed by atoms with Crippen molar-refractivity contribution in [3.63, 3.8) is 0 Å². The van der Waals surface area contributed by atoms with Gasteiger partial charge in [0.25, 0.3) is 0 Å². The first-order valence-corrected chi connectivity index (χ1v) is 9.04. The Hall–Kier alpha value is -2.18. The number of ketones is 1. The van der Waals surface area contributed by atoms with E-state index >= 15 is 0 Å². The van der Waals surface area contributed by atoms with Crippen LogP contribution in [0.2, 0.25) is 5.02 Å². The zero-order valence-electron chi connectivity index (χ0n) is 14.1. The molecule has 0 spiro atoms. The van der Waals surface area contributed by atoms with Gasteiger partial charge < -0.3 is 0 Å². The number of rotatable bonds is 5. The van der Waals surface area contributed by atoms with Crippen LogP contribution >= 0.6 is 23.4 Å². The lowest BCUT2D eigenvalue weighted by atomic mass is 10.0. The van der Waals surface area contributed by atoms with E-state index in [1.54, 1.807) is 16.8 Å². The predicted octanol–water partition coefficient (Wildman–Crippen LogP) is 4.30. The van der Waals surface area contributed by atoms with Crippen molar-refractivity contribution in [2.45, 2.75) is 31.2 Å². The summed E-state index contributed by atoms with van der Waals surface area (Å²) in [5.74, 6) is 0.0544. The Labute approximate surface area is 155 Å². The molecule has 128 valence electrons. The fraction of sp³-hybridized carbons (Fsp3) is 0.222. The zero-order valence-corrected chi connectivity index (χ0v) is 15.7. The molecule has 3 rings (SSSR count). The third kappa shape index (κ3) is 3.91. The molecule has 0 saturated carbocycles. The van der Waals surface area contributed by atoms with Crippen molar-refractivity contribution < 1.29 is 4.79 Å². The normalized spacial score (nSPS) is 12.2. The van der Waals surface area contributed by atoms with Crippen molar-refractivity contribution in [2.24, 2.45) is 0 Å². The molecule has 0 bridgehead atoms. The number of halogens is 1. The topological polar surface area (TPSA) is 60.7 Å². The van der Waals surface area contributed by atoms with Gasteiger partial charge in [-0.1, -0.05) is 35.5 Å². The van der Waals surface area contributed by atoms with E-state index in [1.165, 1.54) is 17.3 Å². The average Bonchev–Trinajstić information content (AvgIpc) is 3.05. The lowest BCUT2D eigenvalue weighted by molar-refractivity contribution is 0.0993. The minimum Gasteiger partial charge on any atom is -0.293 e. The summed E-state index contributed by atoms with van der Waals surface area (Å²) in [6.45, 7) is 5.90. The summed E-state index contributed by atoms with van der Waals surface area (Å²) in [6.07, 6.45) is 0. The predicted molar refractivity (Wildman–Crippen MR) is 99.7 cm³/mol. The van der Waals surface area contributed by atoms with Crippen LogP contribution in [0.5, 0.6) is 0 Å². The summed E-state index contributed by atoms with van der Waals surface area (Å²) in [7, 11) is 0. The number of nitrogens with zero attached hydrogens (tertiary/aromatic N) is 4. The van der Waals surface area contributed by atoms with Crippen LogP contribution in [0.25, 0.3) is 5.69 Å². The van der Waals surface area contributed by atoms with E-state index in [2.05, 4.69) is 15.5 Å². The lowest BCUT2D eigenvalue weighted by Gasteiger charge is -2.11. The SMILES string of the molecule is Cc1ccc(C(=O)[C@@H](C)Sc2nnnn2-c2ccc(Cl)cc2)cc1C. The van der Waals surface area contributed by atoms with Crippen LogP contribution < -0.4 is 0 Å². The van der Waals surface area contributed by atoms with Gasteiger partial charge in [-0.2, -0.15) is 4.68 Å². The van der Waals surface area contributed by atoms with Crippen molar-refractivity contribution in [2.75, 3.05) is 0 Å². The molecule has 0 saturated heterocycles. The summed E-state index contributed by atoms with van der Waals surface area (Å²) in [5.41, 5.74) is 3.77. The highest BCUT2D eigenvalue weighted by atomic mass is 35.5. The molecule has 0 N–H and O–H groups in total. The summed E-state index contributed by atoms with van der Waals surface area (Å²) >= 11 is 7.25.